The number of rotatable bonds is 8. The molecule has 0 bridgehead atoms. The number of halogens is 1. The van der Waals surface area contributed by atoms with Crippen molar-refractivity contribution in [2.75, 3.05) is 6.54 Å². The van der Waals surface area contributed by atoms with E-state index in [1.54, 1.807) is 19.1 Å². The van der Waals surface area contributed by atoms with Crippen molar-refractivity contribution >= 4 is 28.3 Å². The number of hydrogen-bond donors (Lipinski definition) is 3. The number of carbonyl (C=O) groups is 1. The van der Waals surface area contributed by atoms with Gasteiger partial charge in [0.15, 0.2) is 0 Å². The SMILES string of the molecule is CCC(N)(CC)CNC(=O)c1ccc(C)c(S(=O)(=O)NC2CCCC2)c1.Cl. The molecule has 1 aromatic rings. The van der Waals surface area contributed by atoms with Crippen molar-refractivity contribution in [3.8, 4) is 0 Å². The summed E-state index contributed by atoms with van der Waals surface area (Å²) in [5, 5.41) is 2.83. The number of aryl methyl sites for hydroxylation is 1. The zero-order valence-electron chi connectivity index (χ0n) is 16.4. The van der Waals surface area contributed by atoms with E-state index in [1.165, 1.54) is 6.07 Å². The normalized spacial score (nSPS) is 15.4. The third kappa shape index (κ3) is 6.17. The molecule has 0 unspecified atom stereocenters. The van der Waals surface area contributed by atoms with E-state index in [2.05, 4.69) is 10.0 Å². The number of hydrogen-bond acceptors (Lipinski definition) is 4. The van der Waals surface area contributed by atoms with Crippen LogP contribution in [0.4, 0.5) is 0 Å². The van der Waals surface area contributed by atoms with E-state index in [-0.39, 0.29) is 29.3 Å². The van der Waals surface area contributed by atoms with E-state index in [9.17, 15) is 13.2 Å². The van der Waals surface area contributed by atoms with Crippen molar-refractivity contribution < 1.29 is 13.2 Å². The highest BCUT2D eigenvalue weighted by Crippen LogP contribution is 2.23. The number of sulfonamides is 1. The first-order chi connectivity index (χ1) is 12.2. The van der Waals surface area contributed by atoms with Crippen molar-refractivity contribution in [2.45, 2.75) is 75.8 Å². The van der Waals surface area contributed by atoms with Crippen LogP contribution >= 0.6 is 12.4 Å². The molecular formula is C19H32ClN3O3S. The van der Waals surface area contributed by atoms with Gasteiger partial charge in [-0.1, -0.05) is 32.8 Å². The minimum atomic E-state index is -3.64. The van der Waals surface area contributed by atoms with Gasteiger partial charge in [0.2, 0.25) is 10.0 Å². The average Bonchev–Trinajstić information content (AvgIpc) is 3.11. The smallest absolute Gasteiger partial charge is 0.251 e. The Morgan fingerprint density at radius 3 is 2.37 bits per heavy atom. The first-order valence-electron chi connectivity index (χ1n) is 9.41. The Bertz CT molecular complexity index is 743. The summed E-state index contributed by atoms with van der Waals surface area (Å²) in [6.45, 7) is 6.07. The molecule has 1 aliphatic rings. The summed E-state index contributed by atoms with van der Waals surface area (Å²) in [4.78, 5) is 12.6. The van der Waals surface area contributed by atoms with Gasteiger partial charge in [0.05, 0.1) is 4.90 Å². The van der Waals surface area contributed by atoms with Gasteiger partial charge in [0, 0.05) is 23.7 Å². The van der Waals surface area contributed by atoms with Crippen LogP contribution in [0.5, 0.6) is 0 Å². The van der Waals surface area contributed by atoms with Crippen LogP contribution in [0, 0.1) is 6.92 Å². The Balaban J connectivity index is 0.00000364. The van der Waals surface area contributed by atoms with Crippen LogP contribution in [0.15, 0.2) is 23.1 Å². The largest absolute Gasteiger partial charge is 0.350 e. The van der Waals surface area contributed by atoms with E-state index >= 15 is 0 Å². The van der Waals surface area contributed by atoms with E-state index in [0.717, 1.165) is 38.5 Å². The Hall–Kier alpha value is -1.15. The molecule has 0 radical (unpaired) electrons. The van der Waals surface area contributed by atoms with E-state index in [0.29, 0.717) is 17.7 Å². The summed E-state index contributed by atoms with van der Waals surface area (Å²) in [7, 11) is -3.64. The highest BCUT2D eigenvalue weighted by Gasteiger charge is 2.26. The Morgan fingerprint density at radius 2 is 1.81 bits per heavy atom. The lowest BCUT2D eigenvalue weighted by Gasteiger charge is -2.26. The van der Waals surface area contributed by atoms with Crippen LogP contribution in [0.2, 0.25) is 0 Å². The highest BCUT2D eigenvalue weighted by atomic mass is 35.5. The number of nitrogens with two attached hydrogens (primary N) is 1. The molecule has 1 saturated carbocycles. The first-order valence-corrected chi connectivity index (χ1v) is 10.9. The van der Waals surface area contributed by atoms with Crippen LogP contribution in [0.25, 0.3) is 0 Å². The van der Waals surface area contributed by atoms with Crippen molar-refractivity contribution in [3.05, 3.63) is 29.3 Å². The van der Waals surface area contributed by atoms with Crippen LogP contribution in [0.3, 0.4) is 0 Å². The van der Waals surface area contributed by atoms with Gasteiger partial charge in [0.1, 0.15) is 0 Å². The summed E-state index contributed by atoms with van der Waals surface area (Å²) in [6, 6.07) is 4.77. The Kier molecular flexibility index (Phi) is 8.73. The molecule has 1 fully saturated rings. The second kappa shape index (κ2) is 9.87. The molecule has 1 aromatic carbocycles. The highest BCUT2D eigenvalue weighted by molar-refractivity contribution is 7.89. The Labute approximate surface area is 169 Å². The minimum Gasteiger partial charge on any atom is -0.350 e. The van der Waals surface area contributed by atoms with Crippen molar-refractivity contribution in [3.63, 3.8) is 0 Å². The molecule has 4 N–H and O–H groups in total. The average molecular weight is 418 g/mol. The molecule has 27 heavy (non-hydrogen) atoms. The molecule has 0 aliphatic heterocycles. The Morgan fingerprint density at radius 1 is 1.22 bits per heavy atom. The summed E-state index contributed by atoms with van der Waals surface area (Å²) in [5.74, 6) is -0.306. The molecule has 0 spiro atoms. The fourth-order valence-electron chi connectivity index (χ4n) is 3.22. The minimum absolute atomic E-state index is 0. The van der Waals surface area contributed by atoms with Crippen molar-refractivity contribution in [2.24, 2.45) is 5.73 Å². The fourth-order valence-corrected chi connectivity index (χ4v) is 4.79. The quantitative estimate of drug-likeness (QED) is 0.605. The van der Waals surface area contributed by atoms with Gasteiger partial charge in [-0.2, -0.15) is 0 Å². The summed E-state index contributed by atoms with van der Waals surface area (Å²) in [6.07, 6.45) is 5.33. The molecule has 2 rings (SSSR count). The van der Waals surface area contributed by atoms with Crippen LogP contribution in [-0.2, 0) is 10.0 Å². The van der Waals surface area contributed by atoms with Crippen LogP contribution in [0.1, 0.15) is 68.3 Å². The van der Waals surface area contributed by atoms with Gasteiger partial charge in [-0.15, -0.1) is 12.4 Å². The predicted molar refractivity (Wildman–Crippen MR) is 111 cm³/mol. The number of benzene rings is 1. The maximum atomic E-state index is 12.7. The summed E-state index contributed by atoms with van der Waals surface area (Å²) >= 11 is 0. The molecule has 0 atom stereocenters. The monoisotopic (exact) mass is 417 g/mol. The third-order valence-corrected chi connectivity index (χ3v) is 7.09. The second-order valence-electron chi connectivity index (χ2n) is 7.34. The van der Waals surface area contributed by atoms with E-state index < -0.39 is 15.6 Å². The summed E-state index contributed by atoms with van der Waals surface area (Å²) in [5.41, 5.74) is 6.73. The molecule has 0 aromatic heterocycles. The maximum Gasteiger partial charge on any atom is 0.251 e. The lowest BCUT2D eigenvalue weighted by Crippen LogP contribution is -2.49. The van der Waals surface area contributed by atoms with Gasteiger partial charge in [0.25, 0.3) is 5.91 Å². The molecule has 0 saturated heterocycles. The molecule has 0 heterocycles. The molecule has 154 valence electrons. The van der Waals surface area contributed by atoms with Crippen LogP contribution < -0.4 is 15.8 Å². The number of amides is 1. The van der Waals surface area contributed by atoms with E-state index in [4.69, 9.17) is 5.73 Å². The fraction of sp³-hybridized carbons (Fsp3) is 0.632. The van der Waals surface area contributed by atoms with Crippen molar-refractivity contribution in [1.29, 1.82) is 0 Å². The first kappa shape index (κ1) is 23.9. The molecule has 1 amide bonds. The van der Waals surface area contributed by atoms with Gasteiger partial charge in [-0.05, 0) is 50.3 Å². The standard InChI is InChI=1S/C19H31N3O3S.ClH/c1-4-19(20,5-2)13-21-18(23)15-11-10-14(3)17(12-15)26(24,25)22-16-8-6-7-9-16;/h10-12,16,22H,4-9,13,20H2,1-3H3,(H,21,23);1H. The van der Waals surface area contributed by atoms with Gasteiger partial charge >= 0.3 is 0 Å². The lowest BCUT2D eigenvalue weighted by molar-refractivity contribution is 0.0942. The van der Waals surface area contributed by atoms with Crippen LogP contribution in [-0.4, -0.2) is 32.5 Å². The second-order valence-corrected chi connectivity index (χ2v) is 9.02. The molecule has 6 nitrogen and oxygen atoms in total. The molecule has 1 aliphatic carbocycles. The number of nitrogens with one attached hydrogen (secondary N) is 2. The number of carbonyl (C=O) groups excluding carboxylic acids is 1. The molecular weight excluding hydrogens is 386 g/mol. The topological polar surface area (TPSA) is 101 Å². The van der Waals surface area contributed by atoms with E-state index in [1.807, 2.05) is 13.8 Å². The predicted octanol–water partition coefficient (Wildman–Crippen LogP) is 2.89. The third-order valence-electron chi connectivity index (χ3n) is 5.43. The van der Waals surface area contributed by atoms with Gasteiger partial charge in [-0.25, -0.2) is 13.1 Å². The lowest BCUT2D eigenvalue weighted by atomic mass is 9.94. The zero-order valence-corrected chi connectivity index (χ0v) is 18.0. The maximum absolute atomic E-state index is 12.7. The molecule has 8 heteroatoms. The van der Waals surface area contributed by atoms with Gasteiger partial charge < -0.3 is 11.1 Å². The zero-order chi connectivity index (χ0) is 19.4. The van der Waals surface area contributed by atoms with Gasteiger partial charge in [-0.3, -0.25) is 4.79 Å². The van der Waals surface area contributed by atoms with Crippen molar-refractivity contribution in [1.82, 2.24) is 10.0 Å². The summed E-state index contributed by atoms with van der Waals surface area (Å²) < 4.78 is 28.2.